The molecule has 0 aliphatic heterocycles. The van der Waals surface area contributed by atoms with Gasteiger partial charge in [-0.1, -0.05) is 30.0 Å². The molecule has 0 saturated heterocycles. The number of rotatable bonds is 2. The van der Waals surface area contributed by atoms with Crippen LogP contribution >= 0.6 is 0 Å². The normalized spacial score (nSPS) is 10.0. The van der Waals surface area contributed by atoms with Crippen molar-refractivity contribution in [3.05, 3.63) is 83.4 Å². The van der Waals surface area contributed by atoms with E-state index in [2.05, 4.69) is 23.8 Å². The van der Waals surface area contributed by atoms with E-state index in [1.807, 2.05) is 54.6 Å². The maximum Gasteiger partial charge on any atom is 0.308 e. The average molecular weight is 433 g/mol. The molecule has 5 nitrogen and oxygen atoms in total. The standard InChI is InChI=1S/C28H19NO4/c1-18(30)32-27-16-25-15-24-13-22(10-11-29)28(33-19(2)31)17-26(24)14-23(25)12-21(27)9-8-20-6-4-3-5-7-20/h3-7,12-17H,29H2,1-2H3. The minimum absolute atomic E-state index is 0.341. The first-order valence-electron chi connectivity index (χ1n) is 10.1. The Kier molecular flexibility index (Phi) is 5.98. The lowest BCUT2D eigenvalue weighted by atomic mass is 9.99. The number of ether oxygens (including phenoxy) is 2. The van der Waals surface area contributed by atoms with Crippen LogP contribution in [0.2, 0.25) is 0 Å². The van der Waals surface area contributed by atoms with Gasteiger partial charge in [-0.05, 0) is 76.0 Å². The highest BCUT2D eigenvalue weighted by Crippen LogP contribution is 2.33. The minimum Gasteiger partial charge on any atom is -0.425 e. The molecule has 0 amide bonds. The second-order valence-electron chi connectivity index (χ2n) is 7.32. The van der Waals surface area contributed by atoms with Crippen molar-refractivity contribution < 1.29 is 19.1 Å². The van der Waals surface area contributed by atoms with Crippen LogP contribution in [0.3, 0.4) is 0 Å². The predicted octanol–water partition coefficient (Wildman–Crippen LogP) is 4.51. The SMILES string of the molecule is CC(=O)Oc1cc2cc3cc(C#Cc4ccccc4)c(OC(C)=O)cc3cc2cc1C#CN. The van der Waals surface area contributed by atoms with Gasteiger partial charge in [0.1, 0.15) is 11.5 Å². The fraction of sp³-hybridized carbons (Fsp3) is 0.0714. The number of esters is 2. The van der Waals surface area contributed by atoms with Crippen molar-refractivity contribution in [1.82, 2.24) is 0 Å². The third kappa shape index (κ3) is 4.95. The molecule has 0 fully saturated rings. The summed E-state index contributed by atoms with van der Waals surface area (Å²) in [6, 6.07) is 23.1. The molecule has 0 spiro atoms. The number of benzene rings is 4. The summed E-state index contributed by atoms with van der Waals surface area (Å²) in [5.74, 6) is 8.83. The van der Waals surface area contributed by atoms with Crippen LogP contribution in [0.15, 0.2) is 66.7 Å². The molecule has 0 bridgehead atoms. The summed E-state index contributed by atoms with van der Waals surface area (Å²) >= 11 is 0. The molecule has 0 heterocycles. The number of carbonyl (C=O) groups excluding carboxylic acids is 2. The van der Waals surface area contributed by atoms with Crippen LogP contribution < -0.4 is 15.2 Å². The Hall–Kier alpha value is -4.74. The van der Waals surface area contributed by atoms with Gasteiger partial charge in [0.2, 0.25) is 0 Å². The number of nitrogens with two attached hydrogens (primary N) is 1. The quantitative estimate of drug-likeness (QED) is 0.165. The molecular formula is C28H19NO4. The second-order valence-corrected chi connectivity index (χ2v) is 7.32. The Balaban J connectivity index is 1.91. The van der Waals surface area contributed by atoms with E-state index in [1.54, 1.807) is 12.1 Å². The first kappa shape index (κ1) is 21.5. The van der Waals surface area contributed by atoms with E-state index in [1.165, 1.54) is 13.8 Å². The second kappa shape index (κ2) is 9.18. The van der Waals surface area contributed by atoms with E-state index in [0.717, 1.165) is 27.1 Å². The largest absolute Gasteiger partial charge is 0.425 e. The number of fused-ring (bicyclic) bond motifs is 2. The van der Waals surface area contributed by atoms with E-state index in [9.17, 15) is 9.59 Å². The van der Waals surface area contributed by atoms with Crippen molar-refractivity contribution in [2.24, 2.45) is 5.73 Å². The molecular weight excluding hydrogens is 414 g/mol. The van der Waals surface area contributed by atoms with Crippen molar-refractivity contribution in [2.45, 2.75) is 13.8 Å². The highest BCUT2D eigenvalue weighted by Gasteiger charge is 2.12. The Labute approximate surface area is 191 Å². The van der Waals surface area contributed by atoms with Crippen molar-refractivity contribution >= 4 is 33.5 Å². The third-order valence-corrected chi connectivity index (χ3v) is 4.82. The van der Waals surface area contributed by atoms with Crippen LogP contribution in [0.25, 0.3) is 21.5 Å². The summed E-state index contributed by atoms with van der Waals surface area (Å²) in [6.45, 7) is 2.69. The van der Waals surface area contributed by atoms with Crippen LogP contribution in [0.1, 0.15) is 30.5 Å². The lowest BCUT2D eigenvalue weighted by Crippen LogP contribution is -2.03. The fourth-order valence-corrected chi connectivity index (χ4v) is 3.47. The zero-order valence-corrected chi connectivity index (χ0v) is 18.1. The summed E-state index contributed by atoms with van der Waals surface area (Å²) in [6.07, 6.45) is 0. The first-order chi connectivity index (χ1) is 15.9. The molecule has 4 rings (SSSR count). The van der Waals surface area contributed by atoms with E-state index in [4.69, 9.17) is 15.2 Å². The molecule has 2 N–H and O–H groups in total. The van der Waals surface area contributed by atoms with E-state index >= 15 is 0 Å². The van der Waals surface area contributed by atoms with Gasteiger partial charge in [-0.3, -0.25) is 9.59 Å². The topological polar surface area (TPSA) is 78.6 Å². The molecule has 160 valence electrons. The van der Waals surface area contributed by atoms with Crippen molar-refractivity contribution in [3.8, 4) is 35.3 Å². The van der Waals surface area contributed by atoms with Gasteiger partial charge in [0.25, 0.3) is 0 Å². The average Bonchev–Trinajstić information content (AvgIpc) is 2.77. The summed E-state index contributed by atoms with van der Waals surface area (Å²) in [7, 11) is 0. The summed E-state index contributed by atoms with van der Waals surface area (Å²) < 4.78 is 10.8. The summed E-state index contributed by atoms with van der Waals surface area (Å²) in [5, 5.41) is 3.47. The minimum atomic E-state index is -0.445. The van der Waals surface area contributed by atoms with E-state index in [0.29, 0.717) is 22.6 Å². The molecule has 0 atom stereocenters. The number of hydrogen-bond acceptors (Lipinski definition) is 5. The van der Waals surface area contributed by atoms with Crippen molar-refractivity contribution in [1.29, 1.82) is 0 Å². The van der Waals surface area contributed by atoms with Crippen LogP contribution in [0, 0.1) is 23.8 Å². The van der Waals surface area contributed by atoms with Crippen LogP contribution in [-0.2, 0) is 9.59 Å². The third-order valence-electron chi connectivity index (χ3n) is 4.82. The zero-order valence-electron chi connectivity index (χ0n) is 18.1. The highest BCUT2D eigenvalue weighted by molar-refractivity contribution is 6.01. The molecule has 5 heteroatoms. The predicted molar refractivity (Wildman–Crippen MR) is 128 cm³/mol. The molecule has 4 aromatic rings. The number of carbonyl (C=O) groups is 2. The van der Waals surface area contributed by atoms with Crippen molar-refractivity contribution in [3.63, 3.8) is 0 Å². The smallest absolute Gasteiger partial charge is 0.308 e. The first-order valence-corrected chi connectivity index (χ1v) is 10.1. The lowest BCUT2D eigenvalue weighted by molar-refractivity contribution is -0.132. The summed E-state index contributed by atoms with van der Waals surface area (Å²) in [5.41, 5.74) is 7.33. The maximum atomic E-state index is 11.7. The highest BCUT2D eigenvalue weighted by atomic mass is 16.5. The monoisotopic (exact) mass is 433 g/mol. The Morgan fingerprint density at radius 1 is 0.667 bits per heavy atom. The molecule has 0 unspecified atom stereocenters. The molecule has 0 saturated carbocycles. The van der Waals surface area contributed by atoms with Crippen molar-refractivity contribution in [2.75, 3.05) is 0 Å². The molecule has 0 aromatic heterocycles. The molecule has 0 aliphatic rings. The molecule has 33 heavy (non-hydrogen) atoms. The van der Waals surface area contributed by atoms with E-state index in [-0.39, 0.29) is 0 Å². The van der Waals surface area contributed by atoms with Crippen LogP contribution in [0.4, 0.5) is 0 Å². The van der Waals surface area contributed by atoms with Gasteiger partial charge < -0.3 is 15.2 Å². The fourth-order valence-electron chi connectivity index (χ4n) is 3.47. The summed E-state index contributed by atoms with van der Waals surface area (Å²) in [4.78, 5) is 23.2. The van der Waals surface area contributed by atoms with Crippen LogP contribution in [0.5, 0.6) is 11.5 Å². The molecule has 0 aliphatic carbocycles. The zero-order chi connectivity index (χ0) is 23.4. The van der Waals surface area contributed by atoms with Gasteiger partial charge >= 0.3 is 11.9 Å². The van der Waals surface area contributed by atoms with Gasteiger partial charge in [0, 0.05) is 25.5 Å². The van der Waals surface area contributed by atoms with Gasteiger partial charge in [-0.2, -0.15) is 0 Å². The molecule has 0 radical (unpaired) electrons. The lowest BCUT2D eigenvalue weighted by Gasteiger charge is -2.11. The van der Waals surface area contributed by atoms with Gasteiger partial charge in [0.15, 0.2) is 0 Å². The number of hydrogen-bond donors (Lipinski definition) is 1. The van der Waals surface area contributed by atoms with Gasteiger partial charge in [-0.25, -0.2) is 0 Å². The molecule has 4 aromatic carbocycles. The van der Waals surface area contributed by atoms with E-state index < -0.39 is 11.9 Å². The maximum absolute atomic E-state index is 11.7. The Morgan fingerprint density at radius 2 is 1.15 bits per heavy atom. The van der Waals surface area contributed by atoms with Gasteiger partial charge in [0.05, 0.1) is 11.1 Å². The van der Waals surface area contributed by atoms with Crippen LogP contribution in [-0.4, -0.2) is 11.9 Å². The van der Waals surface area contributed by atoms with Gasteiger partial charge in [-0.15, -0.1) is 0 Å². The Morgan fingerprint density at radius 3 is 1.64 bits per heavy atom. The Bertz CT molecular complexity index is 1530.